The zero-order valence-corrected chi connectivity index (χ0v) is 55.6. The molecule has 0 aromatic heterocycles. The van der Waals surface area contributed by atoms with Gasteiger partial charge in [-0.25, -0.2) is 4.57 Å². The monoisotopic (exact) mass is 1180 g/mol. The van der Waals surface area contributed by atoms with Gasteiger partial charge in [-0.2, -0.15) is 0 Å². The largest absolute Gasteiger partial charge is 0.472 e. The summed E-state index contributed by atoms with van der Waals surface area (Å²) in [6.45, 7) is 6.82. The van der Waals surface area contributed by atoms with Crippen molar-refractivity contribution in [3.63, 3.8) is 0 Å². The predicted molar refractivity (Wildman–Crippen MR) is 360 cm³/mol. The lowest BCUT2D eigenvalue weighted by molar-refractivity contribution is -0.870. The summed E-state index contributed by atoms with van der Waals surface area (Å²) in [4.78, 5) is 37.8. The number of rotatable bonds is 61. The minimum atomic E-state index is -4.47. The quantitative estimate of drug-likeness (QED) is 0.0156. The second kappa shape index (κ2) is 61.7. The number of phosphoric ester groups is 1. The van der Waals surface area contributed by atoms with Crippen LogP contribution in [0.5, 0.6) is 0 Å². The second-order valence-electron chi connectivity index (χ2n) is 24.1. The maximum atomic E-state index is 13.6. The van der Waals surface area contributed by atoms with Gasteiger partial charge in [0.05, 0.1) is 33.8 Å². The highest BCUT2D eigenvalue weighted by molar-refractivity contribution is 7.47. The van der Waals surface area contributed by atoms with Crippen molar-refractivity contribution in [2.45, 2.75) is 303 Å². The lowest BCUT2D eigenvalue weighted by Crippen LogP contribution is -2.47. The van der Waals surface area contributed by atoms with Gasteiger partial charge in [0.15, 0.2) is 0 Å². The number of phosphoric acid groups is 1. The van der Waals surface area contributed by atoms with Crippen molar-refractivity contribution in [2.75, 3.05) is 40.9 Å². The number of carbonyl (C=O) groups is 2. The summed E-state index contributed by atoms with van der Waals surface area (Å²) in [7, 11) is 1.46. The molecule has 0 spiro atoms. The van der Waals surface area contributed by atoms with E-state index in [4.69, 9.17) is 13.8 Å². The molecule has 0 saturated carbocycles. The molecule has 9 nitrogen and oxygen atoms in total. The van der Waals surface area contributed by atoms with Gasteiger partial charge >= 0.3 is 13.8 Å². The summed E-state index contributed by atoms with van der Waals surface area (Å²) in [5.41, 5.74) is 0. The summed E-state index contributed by atoms with van der Waals surface area (Å²) in [5.74, 6) is -0.554. The molecule has 0 aromatic rings. The molecule has 1 amide bonds. The first-order valence-corrected chi connectivity index (χ1v) is 35.8. The zero-order chi connectivity index (χ0) is 60.7. The lowest BCUT2D eigenvalue weighted by Gasteiger charge is -2.27. The molecule has 0 aromatic carbocycles. The van der Waals surface area contributed by atoms with Crippen LogP contribution < -0.4 is 5.32 Å². The minimum Gasteiger partial charge on any atom is -0.456 e. The molecule has 0 bridgehead atoms. The maximum Gasteiger partial charge on any atom is 0.472 e. The number of carbonyl (C=O) groups excluding carboxylic acids is 2. The highest BCUT2D eigenvalue weighted by Crippen LogP contribution is 2.43. The van der Waals surface area contributed by atoms with Crippen molar-refractivity contribution in [3.8, 4) is 0 Å². The molecule has 0 aliphatic heterocycles. The SMILES string of the molecule is CC\C=C/C=C/C=C/C=C\C=C\C=C\CCCCCC(=O)NC(COP(=O)(O)OCC[N+](C)(C)C)C(/C=C\CCCCCCCCCCCCC)OC(=O)CCCCCCCCCCCCCCCCCCC/C=C\C/C=C\CCCCC. The number of ether oxygens (including phenoxy) is 1. The molecule has 0 aliphatic carbocycles. The number of hydrogen-bond donors (Lipinski definition) is 2. The number of likely N-dealkylation sites (N-methyl/N-ethyl adjacent to an activating group) is 1. The Morgan fingerprint density at radius 3 is 1.29 bits per heavy atom. The smallest absolute Gasteiger partial charge is 0.456 e. The molecule has 83 heavy (non-hydrogen) atoms. The van der Waals surface area contributed by atoms with Crippen LogP contribution in [0.4, 0.5) is 0 Å². The summed E-state index contributed by atoms with van der Waals surface area (Å²) >= 11 is 0. The Kier molecular flexibility index (Phi) is 59.3. The Bertz CT molecular complexity index is 1790. The second-order valence-corrected chi connectivity index (χ2v) is 25.6. The number of allylic oxidation sites excluding steroid dienone is 17. The molecule has 0 saturated heterocycles. The molecule has 0 aliphatic rings. The van der Waals surface area contributed by atoms with Gasteiger partial charge in [0.2, 0.25) is 5.91 Å². The van der Waals surface area contributed by atoms with Crippen molar-refractivity contribution >= 4 is 19.7 Å². The van der Waals surface area contributed by atoms with E-state index in [9.17, 15) is 19.0 Å². The zero-order valence-electron chi connectivity index (χ0n) is 54.7. The van der Waals surface area contributed by atoms with Crippen molar-refractivity contribution in [1.29, 1.82) is 0 Å². The number of quaternary nitrogens is 1. The lowest BCUT2D eigenvalue weighted by atomic mass is 10.0. The van der Waals surface area contributed by atoms with Gasteiger partial charge in [-0.15, -0.1) is 0 Å². The Morgan fingerprint density at radius 1 is 0.446 bits per heavy atom. The van der Waals surface area contributed by atoms with Crippen molar-refractivity contribution in [1.82, 2.24) is 5.32 Å². The maximum absolute atomic E-state index is 13.6. The number of nitrogens with one attached hydrogen (secondary N) is 1. The van der Waals surface area contributed by atoms with Gasteiger partial charge in [-0.05, 0) is 83.1 Å². The fraction of sp³-hybridized carbons (Fsp3) is 0.726. The number of amides is 1. The molecule has 3 unspecified atom stereocenters. The third-order valence-corrected chi connectivity index (χ3v) is 15.8. The van der Waals surface area contributed by atoms with Gasteiger partial charge < -0.3 is 19.4 Å². The molecule has 0 heterocycles. The topological polar surface area (TPSA) is 111 Å². The predicted octanol–water partition coefficient (Wildman–Crippen LogP) is 21.7. The Hall–Kier alpha value is -3.33. The molecule has 3 atom stereocenters. The molecular formula is C73H130N2O7P+. The van der Waals surface area contributed by atoms with E-state index in [1.165, 1.54) is 180 Å². The Balaban J connectivity index is 5.13. The summed E-state index contributed by atoms with van der Waals surface area (Å²) in [6.07, 6.45) is 85.3. The number of hydrogen-bond acceptors (Lipinski definition) is 6. The summed E-state index contributed by atoms with van der Waals surface area (Å²) < 4.78 is 30.8. The molecular weight excluding hydrogens is 1050 g/mol. The molecule has 0 rings (SSSR count). The first kappa shape index (κ1) is 79.7. The average Bonchev–Trinajstić information content (AvgIpc) is 3.46. The normalized spacial score (nSPS) is 14.3. The first-order valence-electron chi connectivity index (χ1n) is 34.3. The molecule has 0 fully saturated rings. The van der Waals surface area contributed by atoms with E-state index in [0.29, 0.717) is 17.4 Å². The fourth-order valence-electron chi connectivity index (χ4n) is 9.59. The van der Waals surface area contributed by atoms with Crippen LogP contribution >= 0.6 is 7.82 Å². The highest BCUT2D eigenvalue weighted by Gasteiger charge is 2.30. The molecule has 478 valence electrons. The van der Waals surface area contributed by atoms with E-state index < -0.39 is 20.0 Å². The van der Waals surface area contributed by atoms with E-state index >= 15 is 0 Å². The Labute approximate surface area is 512 Å². The first-order chi connectivity index (χ1) is 40.4. The van der Waals surface area contributed by atoms with Crippen LogP contribution in [0.3, 0.4) is 0 Å². The van der Waals surface area contributed by atoms with Crippen molar-refractivity contribution in [2.24, 2.45) is 0 Å². The van der Waals surface area contributed by atoms with Gasteiger partial charge in [-0.1, -0.05) is 304 Å². The molecule has 10 heteroatoms. The van der Waals surface area contributed by atoms with Gasteiger partial charge in [0.1, 0.15) is 19.3 Å². The van der Waals surface area contributed by atoms with E-state index in [1.54, 1.807) is 0 Å². The van der Waals surface area contributed by atoms with Crippen molar-refractivity contribution in [3.05, 3.63) is 109 Å². The van der Waals surface area contributed by atoms with Crippen LogP contribution in [0.25, 0.3) is 0 Å². The van der Waals surface area contributed by atoms with E-state index in [1.807, 2.05) is 94.1 Å². The van der Waals surface area contributed by atoms with Gasteiger partial charge in [0, 0.05) is 12.8 Å². The van der Waals surface area contributed by atoms with Crippen LogP contribution in [0.2, 0.25) is 0 Å². The number of nitrogens with zero attached hydrogens (tertiary/aromatic N) is 1. The number of unbranched alkanes of at least 4 members (excludes halogenated alkanes) is 34. The van der Waals surface area contributed by atoms with E-state index in [0.717, 1.165) is 70.6 Å². The van der Waals surface area contributed by atoms with Crippen LogP contribution in [0.1, 0.15) is 290 Å². The van der Waals surface area contributed by atoms with Crippen LogP contribution in [-0.4, -0.2) is 74.3 Å². The third-order valence-electron chi connectivity index (χ3n) is 14.9. The van der Waals surface area contributed by atoms with Crippen LogP contribution in [0, 0.1) is 0 Å². The third kappa shape index (κ3) is 63.0. The minimum absolute atomic E-state index is 0.0267. The standard InChI is InChI=1S/C73H129N2O7P/c1-7-10-13-16-19-22-25-28-30-32-33-34-35-36-37-38-39-40-41-43-45-48-51-54-57-60-63-66-73(77)82-71(64-61-58-55-52-49-46-27-24-21-18-15-12-9-3)70(69-81-83(78,79)80-68-67-75(4,5)6)74-72(76)65-62-59-56-53-50-47-44-42-31-29-26-23-20-17-14-11-8-2/h11,14,17,19-20,22-23,26,28-31,42,44,47,50,61,64,70-71H,7-10,12-13,15-16,18,21,24-25,27,32-41,43,45-46,48-49,51-60,62-63,65-69H2,1-6H3,(H-,74,76,78,79)/p+1/b14-11-,20-17+,22-19-,26-23+,30-28-,31-29-,44-42+,50-47+,64-61-. The number of esters is 1. The van der Waals surface area contributed by atoms with Crippen molar-refractivity contribution < 1.29 is 37.3 Å². The molecule has 2 N–H and O–H groups in total. The average molecular weight is 1180 g/mol. The Morgan fingerprint density at radius 2 is 0.819 bits per heavy atom. The fourth-order valence-corrected chi connectivity index (χ4v) is 10.3. The highest BCUT2D eigenvalue weighted by atomic mass is 31.2. The van der Waals surface area contributed by atoms with Crippen LogP contribution in [-0.2, 0) is 27.9 Å². The summed E-state index contributed by atoms with van der Waals surface area (Å²) in [5, 5.41) is 3.04. The van der Waals surface area contributed by atoms with E-state index in [-0.39, 0.29) is 37.9 Å². The summed E-state index contributed by atoms with van der Waals surface area (Å²) in [6, 6.07) is -0.878. The van der Waals surface area contributed by atoms with E-state index in [2.05, 4.69) is 62.5 Å². The molecule has 0 radical (unpaired) electrons. The van der Waals surface area contributed by atoms with Crippen LogP contribution in [0.15, 0.2) is 109 Å². The van der Waals surface area contributed by atoms with Gasteiger partial charge in [-0.3, -0.25) is 18.6 Å². The van der Waals surface area contributed by atoms with Gasteiger partial charge in [0.25, 0.3) is 0 Å².